The van der Waals surface area contributed by atoms with Crippen LogP contribution < -0.4 is 9.47 Å². The van der Waals surface area contributed by atoms with E-state index in [9.17, 15) is 4.79 Å². The normalized spacial score (nSPS) is 10.4. The number of hydrogen-bond acceptors (Lipinski definition) is 5. The van der Waals surface area contributed by atoms with Crippen LogP contribution in [0.5, 0.6) is 11.5 Å². The molecule has 112 valence electrons. The Balaban J connectivity index is 2.16. The summed E-state index contributed by atoms with van der Waals surface area (Å²) in [7, 11) is 3.22. The van der Waals surface area contributed by atoms with E-state index in [0.717, 1.165) is 24.0 Å². The number of aryl methyl sites for hydroxylation is 2. The zero-order chi connectivity index (χ0) is 15.2. The molecule has 1 heterocycles. The van der Waals surface area contributed by atoms with Crippen LogP contribution in [0.25, 0.3) is 0 Å². The first kappa shape index (κ1) is 15.0. The Morgan fingerprint density at radius 1 is 1.19 bits per heavy atom. The van der Waals surface area contributed by atoms with Gasteiger partial charge in [0, 0.05) is 6.54 Å². The van der Waals surface area contributed by atoms with Gasteiger partial charge in [0.15, 0.2) is 17.8 Å². The number of aldehydes is 1. The molecule has 0 saturated heterocycles. The van der Waals surface area contributed by atoms with Crippen LogP contribution in [0.3, 0.4) is 0 Å². The van der Waals surface area contributed by atoms with Crippen molar-refractivity contribution >= 4 is 6.29 Å². The molecule has 0 saturated carbocycles. The monoisotopic (exact) mass is 289 g/mol. The summed E-state index contributed by atoms with van der Waals surface area (Å²) in [4.78, 5) is 11.0. The first-order valence-electron chi connectivity index (χ1n) is 6.81. The molecule has 0 spiro atoms. The molecule has 0 fully saturated rings. The minimum atomic E-state index is 0.414. The Hall–Kier alpha value is -2.37. The smallest absolute Gasteiger partial charge is 0.172 e. The number of aromatic nitrogens is 3. The van der Waals surface area contributed by atoms with Crippen molar-refractivity contribution in [2.24, 2.45) is 0 Å². The molecule has 0 aliphatic rings. The first-order chi connectivity index (χ1) is 10.2. The van der Waals surface area contributed by atoms with Gasteiger partial charge < -0.3 is 9.47 Å². The third-order valence-electron chi connectivity index (χ3n) is 3.38. The lowest BCUT2D eigenvalue weighted by atomic mass is 10.1. The van der Waals surface area contributed by atoms with Crippen molar-refractivity contribution in [3.63, 3.8) is 0 Å². The van der Waals surface area contributed by atoms with Gasteiger partial charge in [-0.1, -0.05) is 11.3 Å². The maximum atomic E-state index is 11.0. The van der Waals surface area contributed by atoms with Crippen LogP contribution in [0.15, 0.2) is 18.2 Å². The van der Waals surface area contributed by atoms with E-state index in [1.165, 1.54) is 0 Å². The van der Waals surface area contributed by atoms with Crippen LogP contribution in [-0.2, 0) is 19.4 Å². The average molecular weight is 289 g/mol. The van der Waals surface area contributed by atoms with Crippen molar-refractivity contribution < 1.29 is 14.3 Å². The van der Waals surface area contributed by atoms with E-state index in [2.05, 4.69) is 10.3 Å². The van der Waals surface area contributed by atoms with Gasteiger partial charge in [-0.2, -0.15) is 0 Å². The Morgan fingerprint density at radius 2 is 1.95 bits per heavy atom. The summed E-state index contributed by atoms with van der Waals surface area (Å²) in [5, 5.41) is 7.85. The molecule has 0 radical (unpaired) electrons. The molecule has 0 aliphatic carbocycles. The van der Waals surface area contributed by atoms with Crippen molar-refractivity contribution in [2.45, 2.75) is 26.3 Å². The quantitative estimate of drug-likeness (QED) is 0.728. The first-order valence-corrected chi connectivity index (χ1v) is 6.81. The van der Waals surface area contributed by atoms with E-state index in [1.807, 2.05) is 25.1 Å². The zero-order valence-corrected chi connectivity index (χ0v) is 12.5. The number of benzene rings is 1. The van der Waals surface area contributed by atoms with E-state index in [0.29, 0.717) is 30.2 Å². The van der Waals surface area contributed by atoms with Gasteiger partial charge in [0.1, 0.15) is 5.69 Å². The highest BCUT2D eigenvalue weighted by atomic mass is 16.5. The van der Waals surface area contributed by atoms with Crippen molar-refractivity contribution in [3.8, 4) is 11.5 Å². The molecule has 6 nitrogen and oxygen atoms in total. The summed E-state index contributed by atoms with van der Waals surface area (Å²) in [6.07, 6.45) is 2.22. The van der Waals surface area contributed by atoms with E-state index in [-0.39, 0.29) is 0 Å². The molecule has 1 aromatic carbocycles. The summed E-state index contributed by atoms with van der Waals surface area (Å²) < 4.78 is 12.3. The molecule has 21 heavy (non-hydrogen) atoms. The molecule has 0 amide bonds. The third-order valence-corrected chi connectivity index (χ3v) is 3.38. The summed E-state index contributed by atoms with van der Waals surface area (Å²) >= 11 is 0. The highest BCUT2D eigenvalue weighted by Crippen LogP contribution is 2.28. The van der Waals surface area contributed by atoms with Crippen molar-refractivity contribution in [2.75, 3.05) is 14.2 Å². The van der Waals surface area contributed by atoms with Crippen molar-refractivity contribution in [1.29, 1.82) is 0 Å². The highest BCUT2D eigenvalue weighted by molar-refractivity contribution is 5.73. The predicted octanol–water partition coefficient (Wildman–Crippen LogP) is 1.91. The van der Waals surface area contributed by atoms with Crippen molar-refractivity contribution in [3.05, 3.63) is 35.2 Å². The molecule has 2 rings (SSSR count). The van der Waals surface area contributed by atoms with Gasteiger partial charge in [-0.05, 0) is 37.5 Å². The number of nitrogens with zero attached hydrogens (tertiary/aromatic N) is 3. The second-order valence-electron chi connectivity index (χ2n) is 4.54. The number of carbonyl (C=O) groups excluding carboxylic acids is 1. The Labute approximate surface area is 123 Å². The number of carbonyl (C=O) groups is 1. The van der Waals surface area contributed by atoms with Gasteiger partial charge in [-0.15, -0.1) is 5.10 Å². The molecule has 0 unspecified atom stereocenters. The van der Waals surface area contributed by atoms with Gasteiger partial charge in [0.05, 0.1) is 19.9 Å². The zero-order valence-electron chi connectivity index (χ0n) is 12.5. The highest BCUT2D eigenvalue weighted by Gasteiger charge is 2.12. The maximum Gasteiger partial charge on any atom is 0.172 e. The average Bonchev–Trinajstić information content (AvgIpc) is 2.94. The molecular weight excluding hydrogens is 270 g/mol. The second kappa shape index (κ2) is 6.88. The van der Waals surface area contributed by atoms with Gasteiger partial charge in [-0.3, -0.25) is 4.79 Å². The SMILES string of the molecule is CCn1nnc(C=O)c1CCc1ccc(OC)c(OC)c1. The van der Waals surface area contributed by atoms with Gasteiger partial charge in [0.2, 0.25) is 0 Å². The van der Waals surface area contributed by atoms with Gasteiger partial charge in [-0.25, -0.2) is 4.68 Å². The molecular formula is C15H19N3O3. The number of rotatable bonds is 7. The third kappa shape index (κ3) is 3.21. The van der Waals surface area contributed by atoms with Gasteiger partial charge in [0.25, 0.3) is 0 Å². The molecule has 0 aliphatic heterocycles. The van der Waals surface area contributed by atoms with Crippen molar-refractivity contribution in [1.82, 2.24) is 15.0 Å². The van der Waals surface area contributed by atoms with Crippen LogP contribution in [0.2, 0.25) is 0 Å². The fraction of sp³-hybridized carbons (Fsp3) is 0.400. The Morgan fingerprint density at radius 3 is 2.57 bits per heavy atom. The number of ether oxygens (including phenoxy) is 2. The Bertz CT molecular complexity index is 623. The molecule has 1 aromatic heterocycles. The Kier molecular flexibility index (Phi) is 4.92. The number of hydrogen-bond donors (Lipinski definition) is 0. The fourth-order valence-electron chi connectivity index (χ4n) is 2.25. The van der Waals surface area contributed by atoms with Gasteiger partial charge >= 0.3 is 0 Å². The molecule has 0 N–H and O–H groups in total. The molecule has 6 heteroatoms. The topological polar surface area (TPSA) is 66.2 Å². The molecule has 0 bridgehead atoms. The number of methoxy groups -OCH3 is 2. The standard InChI is InChI=1S/C15H19N3O3/c1-4-18-13(12(10-19)16-17-18)7-5-11-6-8-14(20-2)15(9-11)21-3/h6,8-10H,4-5,7H2,1-3H3. The van der Waals surface area contributed by atoms with Crippen LogP contribution >= 0.6 is 0 Å². The molecule has 2 aromatic rings. The lowest BCUT2D eigenvalue weighted by molar-refractivity contribution is 0.111. The fourth-order valence-corrected chi connectivity index (χ4v) is 2.25. The van der Waals surface area contributed by atoms with E-state index in [1.54, 1.807) is 18.9 Å². The van der Waals surface area contributed by atoms with E-state index in [4.69, 9.17) is 9.47 Å². The summed E-state index contributed by atoms with van der Waals surface area (Å²) in [6, 6.07) is 5.81. The lowest BCUT2D eigenvalue weighted by Crippen LogP contribution is -2.06. The summed E-state index contributed by atoms with van der Waals surface area (Å²) in [5.41, 5.74) is 2.38. The van der Waals surface area contributed by atoms with Crippen LogP contribution in [0.4, 0.5) is 0 Å². The van der Waals surface area contributed by atoms with E-state index >= 15 is 0 Å². The second-order valence-corrected chi connectivity index (χ2v) is 4.54. The predicted molar refractivity (Wildman–Crippen MR) is 78.0 cm³/mol. The molecule has 0 atom stereocenters. The minimum absolute atomic E-state index is 0.414. The summed E-state index contributed by atoms with van der Waals surface area (Å²) in [6.45, 7) is 2.67. The van der Waals surface area contributed by atoms with Crippen LogP contribution in [0.1, 0.15) is 28.7 Å². The van der Waals surface area contributed by atoms with E-state index < -0.39 is 0 Å². The van der Waals surface area contributed by atoms with Crippen LogP contribution in [-0.4, -0.2) is 35.5 Å². The lowest BCUT2D eigenvalue weighted by Gasteiger charge is -2.10. The van der Waals surface area contributed by atoms with Crippen LogP contribution in [0, 0.1) is 0 Å². The maximum absolute atomic E-state index is 11.0. The minimum Gasteiger partial charge on any atom is -0.493 e. The largest absolute Gasteiger partial charge is 0.493 e. The summed E-state index contributed by atoms with van der Waals surface area (Å²) in [5.74, 6) is 1.41.